The van der Waals surface area contributed by atoms with Crippen LogP contribution in [0.2, 0.25) is 0 Å². The van der Waals surface area contributed by atoms with Crippen molar-refractivity contribution in [2.75, 3.05) is 26.8 Å². The van der Waals surface area contributed by atoms with Gasteiger partial charge in [-0.2, -0.15) is 0 Å². The van der Waals surface area contributed by atoms with Crippen molar-refractivity contribution < 1.29 is 9.53 Å². The van der Waals surface area contributed by atoms with Crippen LogP contribution in [0, 0.1) is 18.8 Å². The first-order chi connectivity index (χ1) is 11.7. The molecular weight excluding hydrogens is 302 g/mol. The Hall–Kier alpha value is -1.36. The summed E-state index contributed by atoms with van der Waals surface area (Å²) in [5, 5.41) is 0. The van der Waals surface area contributed by atoms with Crippen LogP contribution in [0.1, 0.15) is 50.0 Å². The first-order valence-electron chi connectivity index (χ1n) is 9.47. The number of methoxy groups -OCH3 is 1. The molecule has 1 aliphatic heterocycles. The number of imidazole rings is 1. The number of piperidine rings is 1. The van der Waals surface area contributed by atoms with Gasteiger partial charge in [0.2, 0.25) is 5.91 Å². The van der Waals surface area contributed by atoms with Crippen LogP contribution in [0.3, 0.4) is 0 Å². The number of carbonyl (C=O) groups is 1. The van der Waals surface area contributed by atoms with Gasteiger partial charge in [0.15, 0.2) is 0 Å². The van der Waals surface area contributed by atoms with Crippen LogP contribution in [-0.4, -0.2) is 47.2 Å². The lowest BCUT2D eigenvalue weighted by Gasteiger charge is -2.33. The van der Waals surface area contributed by atoms with Crippen LogP contribution in [0.15, 0.2) is 6.20 Å². The van der Waals surface area contributed by atoms with Crippen molar-refractivity contribution in [3.8, 4) is 0 Å². The van der Waals surface area contributed by atoms with E-state index in [4.69, 9.17) is 4.74 Å². The van der Waals surface area contributed by atoms with Crippen LogP contribution in [-0.2, 0) is 22.5 Å². The predicted octanol–water partition coefficient (Wildman–Crippen LogP) is 2.81. The molecule has 0 radical (unpaired) electrons. The Morgan fingerprint density at radius 1 is 1.25 bits per heavy atom. The normalized spacial score (nSPS) is 20.0. The lowest BCUT2D eigenvalue weighted by atomic mass is 9.92. The summed E-state index contributed by atoms with van der Waals surface area (Å²) < 4.78 is 7.49. The second-order valence-corrected chi connectivity index (χ2v) is 7.41. The molecule has 5 heteroatoms. The van der Waals surface area contributed by atoms with Gasteiger partial charge in [-0.25, -0.2) is 4.98 Å². The van der Waals surface area contributed by atoms with E-state index in [0.717, 1.165) is 58.3 Å². The molecule has 1 saturated heterocycles. The number of amides is 1. The maximum absolute atomic E-state index is 12.5. The molecule has 0 N–H and O–H groups in total. The maximum Gasteiger partial charge on any atom is 0.225 e. The van der Waals surface area contributed by atoms with Crippen molar-refractivity contribution in [2.45, 2.75) is 58.4 Å². The fourth-order valence-corrected chi connectivity index (χ4v) is 4.21. The lowest BCUT2D eigenvalue weighted by Crippen LogP contribution is -2.41. The van der Waals surface area contributed by atoms with Gasteiger partial charge >= 0.3 is 0 Å². The van der Waals surface area contributed by atoms with Crippen LogP contribution < -0.4 is 0 Å². The number of ether oxygens (including phenoxy) is 1. The van der Waals surface area contributed by atoms with Crippen LogP contribution in [0.25, 0.3) is 0 Å². The SMILES string of the molecule is COCCn1c(C)cnc1CC1CCN(C(=O)C2CCCC2)CC1. The Balaban J connectivity index is 1.51. The highest BCUT2D eigenvalue weighted by atomic mass is 16.5. The third kappa shape index (κ3) is 4.00. The Kier molecular flexibility index (Phi) is 5.93. The predicted molar refractivity (Wildman–Crippen MR) is 93.8 cm³/mol. The summed E-state index contributed by atoms with van der Waals surface area (Å²) in [5.74, 6) is 2.55. The van der Waals surface area contributed by atoms with Crippen molar-refractivity contribution in [1.29, 1.82) is 0 Å². The zero-order valence-corrected chi connectivity index (χ0v) is 15.2. The van der Waals surface area contributed by atoms with E-state index in [1.807, 2.05) is 6.20 Å². The number of hydrogen-bond donors (Lipinski definition) is 0. The van der Waals surface area contributed by atoms with Gasteiger partial charge in [0.25, 0.3) is 0 Å². The molecule has 2 fully saturated rings. The zero-order valence-electron chi connectivity index (χ0n) is 15.2. The van der Waals surface area contributed by atoms with E-state index in [1.165, 1.54) is 24.4 Å². The molecule has 0 aromatic carbocycles. The second-order valence-electron chi connectivity index (χ2n) is 7.41. The second kappa shape index (κ2) is 8.15. The molecule has 3 rings (SSSR count). The highest BCUT2D eigenvalue weighted by Gasteiger charge is 2.30. The third-order valence-corrected chi connectivity index (χ3v) is 5.76. The summed E-state index contributed by atoms with van der Waals surface area (Å²) in [6.45, 7) is 5.56. The number of aryl methyl sites for hydroxylation is 1. The highest BCUT2D eigenvalue weighted by molar-refractivity contribution is 5.79. The number of nitrogens with zero attached hydrogens (tertiary/aromatic N) is 3. The smallest absolute Gasteiger partial charge is 0.225 e. The molecule has 0 bridgehead atoms. The topological polar surface area (TPSA) is 47.4 Å². The molecule has 2 heterocycles. The van der Waals surface area contributed by atoms with Crippen molar-refractivity contribution in [1.82, 2.24) is 14.5 Å². The number of aromatic nitrogens is 2. The molecule has 134 valence electrons. The fraction of sp³-hybridized carbons (Fsp3) is 0.789. The summed E-state index contributed by atoms with van der Waals surface area (Å²) >= 11 is 0. The molecule has 1 aliphatic carbocycles. The van der Waals surface area contributed by atoms with Crippen LogP contribution in [0.4, 0.5) is 0 Å². The van der Waals surface area contributed by atoms with Gasteiger partial charge in [0.1, 0.15) is 5.82 Å². The summed E-state index contributed by atoms with van der Waals surface area (Å²) in [5.41, 5.74) is 1.20. The molecular formula is C19H31N3O2. The van der Waals surface area contributed by atoms with E-state index in [1.54, 1.807) is 7.11 Å². The van der Waals surface area contributed by atoms with Gasteiger partial charge in [-0.1, -0.05) is 12.8 Å². The van der Waals surface area contributed by atoms with Crippen LogP contribution >= 0.6 is 0 Å². The summed E-state index contributed by atoms with van der Waals surface area (Å²) in [7, 11) is 1.74. The molecule has 1 saturated carbocycles. The Morgan fingerprint density at radius 3 is 2.62 bits per heavy atom. The van der Waals surface area contributed by atoms with E-state index in [-0.39, 0.29) is 0 Å². The fourth-order valence-electron chi connectivity index (χ4n) is 4.21. The monoisotopic (exact) mass is 333 g/mol. The molecule has 1 aromatic rings. The van der Waals surface area contributed by atoms with Gasteiger partial charge in [-0.15, -0.1) is 0 Å². The highest BCUT2D eigenvalue weighted by Crippen LogP contribution is 2.29. The lowest BCUT2D eigenvalue weighted by molar-refractivity contribution is -0.136. The zero-order chi connectivity index (χ0) is 16.9. The third-order valence-electron chi connectivity index (χ3n) is 5.76. The average molecular weight is 333 g/mol. The molecule has 1 aromatic heterocycles. The van der Waals surface area contributed by atoms with E-state index in [2.05, 4.69) is 21.4 Å². The van der Waals surface area contributed by atoms with Gasteiger partial charge in [-0.3, -0.25) is 4.79 Å². The van der Waals surface area contributed by atoms with E-state index >= 15 is 0 Å². The van der Waals surface area contributed by atoms with E-state index in [9.17, 15) is 4.79 Å². The summed E-state index contributed by atoms with van der Waals surface area (Å²) in [6, 6.07) is 0. The molecule has 1 amide bonds. The van der Waals surface area contributed by atoms with E-state index in [0.29, 0.717) is 17.7 Å². The molecule has 24 heavy (non-hydrogen) atoms. The maximum atomic E-state index is 12.5. The standard InChI is InChI=1S/C19H31N3O2/c1-15-14-20-18(22(15)11-12-24-2)13-16-7-9-21(10-8-16)19(23)17-5-3-4-6-17/h14,16-17H,3-13H2,1-2H3. The van der Waals surface area contributed by atoms with Crippen molar-refractivity contribution >= 4 is 5.91 Å². The van der Waals surface area contributed by atoms with Gasteiger partial charge in [-0.05, 0) is 38.5 Å². The van der Waals surface area contributed by atoms with Gasteiger partial charge in [0.05, 0.1) is 6.61 Å². The summed E-state index contributed by atoms with van der Waals surface area (Å²) in [4.78, 5) is 19.3. The Morgan fingerprint density at radius 2 is 1.96 bits per heavy atom. The number of likely N-dealkylation sites (tertiary alicyclic amines) is 1. The van der Waals surface area contributed by atoms with Crippen molar-refractivity contribution in [3.05, 3.63) is 17.7 Å². The quantitative estimate of drug-likeness (QED) is 0.804. The van der Waals surface area contributed by atoms with Crippen LogP contribution in [0.5, 0.6) is 0 Å². The number of hydrogen-bond acceptors (Lipinski definition) is 3. The minimum atomic E-state index is 0.317. The van der Waals surface area contributed by atoms with Crippen molar-refractivity contribution in [3.63, 3.8) is 0 Å². The minimum absolute atomic E-state index is 0.317. The molecule has 0 spiro atoms. The molecule has 0 unspecified atom stereocenters. The first kappa shape index (κ1) is 17.5. The molecule has 2 aliphatic rings. The summed E-state index contributed by atoms with van der Waals surface area (Å²) in [6.07, 6.45) is 9.87. The first-order valence-corrected chi connectivity index (χ1v) is 9.47. The largest absolute Gasteiger partial charge is 0.383 e. The van der Waals surface area contributed by atoms with Gasteiger partial charge in [0, 0.05) is 51.0 Å². The van der Waals surface area contributed by atoms with Gasteiger partial charge < -0.3 is 14.2 Å². The number of rotatable bonds is 6. The molecule has 0 atom stereocenters. The average Bonchev–Trinajstić information content (AvgIpc) is 3.24. The molecule has 5 nitrogen and oxygen atoms in total. The Labute approximate surface area is 145 Å². The van der Waals surface area contributed by atoms with Crippen molar-refractivity contribution in [2.24, 2.45) is 11.8 Å². The minimum Gasteiger partial charge on any atom is -0.383 e. The Bertz CT molecular complexity index is 541. The van der Waals surface area contributed by atoms with E-state index < -0.39 is 0 Å². The number of carbonyl (C=O) groups excluding carboxylic acids is 1.